The lowest BCUT2D eigenvalue weighted by Crippen LogP contribution is -2.07. The number of carbonyl (C=O) groups excluding carboxylic acids is 1. The van der Waals surface area contributed by atoms with Gasteiger partial charge in [0.2, 0.25) is 0 Å². The van der Waals surface area contributed by atoms with E-state index >= 15 is 0 Å². The fraction of sp³-hybridized carbons (Fsp3) is 0.0435. The molecule has 0 amide bonds. The highest BCUT2D eigenvalue weighted by atomic mass is 16.5. The Labute approximate surface area is 152 Å². The number of hydrogen-bond donors (Lipinski definition) is 0. The lowest BCUT2D eigenvalue weighted by atomic mass is 10.00. The number of rotatable bonds is 4. The summed E-state index contributed by atoms with van der Waals surface area (Å²) in [5, 5.41) is 8.87. The van der Waals surface area contributed by atoms with Crippen LogP contribution in [-0.2, 0) is 4.79 Å². The molecule has 0 aliphatic carbocycles. The Balaban J connectivity index is 1.76. The standard InChI is InChI=1S/C23H17NO2/c1-16(2)23(25)26-22-13-11-21(12-14-22)20-9-7-19(8-10-20)18-5-3-17(15-24)4-6-18/h3-14H,1H2,2H3. The van der Waals surface area contributed by atoms with Crippen molar-refractivity contribution in [3.63, 3.8) is 0 Å². The second-order valence-electron chi connectivity index (χ2n) is 5.96. The van der Waals surface area contributed by atoms with Crippen LogP contribution in [0.2, 0.25) is 0 Å². The average molecular weight is 339 g/mol. The maximum atomic E-state index is 11.5. The van der Waals surface area contributed by atoms with Crippen molar-refractivity contribution in [1.29, 1.82) is 5.26 Å². The monoisotopic (exact) mass is 339 g/mol. The van der Waals surface area contributed by atoms with Crippen LogP contribution < -0.4 is 4.74 Å². The van der Waals surface area contributed by atoms with Crippen molar-refractivity contribution in [1.82, 2.24) is 0 Å². The van der Waals surface area contributed by atoms with Gasteiger partial charge in [-0.1, -0.05) is 55.1 Å². The molecule has 3 aromatic rings. The van der Waals surface area contributed by atoms with E-state index in [1.807, 2.05) is 60.7 Å². The van der Waals surface area contributed by atoms with Gasteiger partial charge in [-0.15, -0.1) is 0 Å². The van der Waals surface area contributed by atoms with Crippen molar-refractivity contribution in [3.8, 4) is 34.1 Å². The van der Waals surface area contributed by atoms with Crippen molar-refractivity contribution >= 4 is 5.97 Å². The van der Waals surface area contributed by atoms with Crippen LogP contribution in [0.5, 0.6) is 5.75 Å². The van der Waals surface area contributed by atoms with E-state index in [-0.39, 0.29) is 0 Å². The molecule has 0 aliphatic rings. The molecule has 0 unspecified atom stereocenters. The van der Waals surface area contributed by atoms with Gasteiger partial charge in [-0.3, -0.25) is 0 Å². The molecule has 0 aromatic heterocycles. The molecule has 3 heteroatoms. The minimum Gasteiger partial charge on any atom is -0.423 e. The van der Waals surface area contributed by atoms with E-state index in [4.69, 9.17) is 10.00 Å². The molecule has 0 radical (unpaired) electrons. The van der Waals surface area contributed by atoms with Crippen LogP contribution in [0.3, 0.4) is 0 Å². The number of esters is 1. The van der Waals surface area contributed by atoms with Crippen LogP contribution in [0.25, 0.3) is 22.3 Å². The molecule has 3 aromatic carbocycles. The largest absolute Gasteiger partial charge is 0.423 e. The molecule has 0 heterocycles. The van der Waals surface area contributed by atoms with Crippen molar-refractivity contribution < 1.29 is 9.53 Å². The maximum absolute atomic E-state index is 11.5. The number of carbonyl (C=O) groups is 1. The minimum atomic E-state index is -0.426. The Morgan fingerprint density at radius 2 is 1.19 bits per heavy atom. The fourth-order valence-corrected chi connectivity index (χ4v) is 2.50. The molecule has 3 nitrogen and oxygen atoms in total. The lowest BCUT2D eigenvalue weighted by Gasteiger charge is -2.07. The highest BCUT2D eigenvalue weighted by Gasteiger charge is 2.06. The molecule has 0 spiro atoms. The first kappa shape index (κ1) is 17.2. The van der Waals surface area contributed by atoms with Crippen LogP contribution in [0.15, 0.2) is 84.9 Å². The van der Waals surface area contributed by atoms with E-state index in [9.17, 15) is 4.79 Å². The SMILES string of the molecule is C=C(C)C(=O)Oc1ccc(-c2ccc(-c3ccc(C#N)cc3)cc2)cc1. The molecule has 126 valence electrons. The quantitative estimate of drug-likeness (QED) is 0.364. The predicted octanol–water partition coefficient (Wildman–Crippen LogP) is 5.37. The number of benzene rings is 3. The van der Waals surface area contributed by atoms with Crippen LogP contribution >= 0.6 is 0 Å². The predicted molar refractivity (Wildman–Crippen MR) is 102 cm³/mol. The summed E-state index contributed by atoms with van der Waals surface area (Å²) < 4.78 is 5.20. The second kappa shape index (κ2) is 7.50. The Morgan fingerprint density at radius 1 is 0.808 bits per heavy atom. The van der Waals surface area contributed by atoms with Gasteiger partial charge in [-0.2, -0.15) is 5.26 Å². The maximum Gasteiger partial charge on any atom is 0.338 e. The number of nitrogens with zero attached hydrogens (tertiary/aromatic N) is 1. The first-order valence-electron chi connectivity index (χ1n) is 8.15. The third kappa shape index (κ3) is 3.88. The van der Waals surface area contributed by atoms with E-state index < -0.39 is 5.97 Å². The van der Waals surface area contributed by atoms with E-state index in [1.165, 1.54) is 0 Å². The minimum absolute atomic E-state index is 0.368. The Morgan fingerprint density at radius 3 is 1.58 bits per heavy atom. The molecular formula is C23H17NO2. The van der Waals surface area contributed by atoms with E-state index in [2.05, 4.69) is 12.6 Å². The third-order valence-electron chi connectivity index (χ3n) is 3.98. The third-order valence-corrected chi connectivity index (χ3v) is 3.98. The molecule has 3 rings (SSSR count). The van der Waals surface area contributed by atoms with Crippen LogP contribution in [0.4, 0.5) is 0 Å². The zero-order valence-corrected chi connectivity index (χ0v) is 14.4. The van der Waals surface area contributed by atoms with E-state index in [0.29, 0.717) is 16.9 Å². The summed E-state index contributed by atoms with van der Waals surface area (Å²) in [6.07, 6.45) is 0. The Hall–Kier alpha value is -3.64. The van der Waals surface area contributed by atoms with Gasteiger partial charge in [-0.05, 0) is 53.4 Å². The molecule has 0 bridgehead atoms. The van der Waals surface area contributed by atoms with Crippen molar-refractivity contribution in [2.45, 2.75) is 6.92 Å². The molecule has 0 saturated heterocycles. The van der Waals surface area contributed by atoms with Gasteiger partial charge in [-0.25, -0.2) is 4.79 Å². The van der Waals surface area contributed by atoms with Gasteiger partial charge in [0.1, 0.15) is 5.75 Å². The first-order valence-corrected chi connectivity index (χ1v) is 8.15. The summed E-state index contributed by atoms with van der Waals surface area (Å²) >= 11 is 0. The molecule has 0 fully saturated rings. The van der Waals surface area contributed by atoms with Crippen molar-refractivity contribution in [3.05, 3.63) is 90.5 Å². The van der Waals surface area contributed by atoms with E-state index in [0.717, 1.165) is 22.3 Å². The van der Waals surface area contributed by atoms with Gasteiger partial charge in [0.15, 0.2) is 0 Å². The Kier molecular flexibility index (Phi) is 4.96. The van der Waals surface area contributed by atoms with Crippen LogP contribution in [0, 0.1) is 11.3 Å². The molecule has 0 N–H and O–H groups in total. The number of hydrogen-bond acceptors (Lipinski definition) is 3. The topological polar surface area (TPSA) is 50.1 Å². The fourth-order valence-electron chi connectivity index (χ4n) is 2.50. The highest BCUT2D eigenvalue weighted by Crippen LogP contribution is 2.26. The summed E-state index contributed by atoms with van der Waals surface area (Å²) in [7, 11) is 0. The van der Waals surface area contributed by atoms with Gasteiger partial charge >= 0.3 is 5.97 Å². The normalized spacial score (nSPS) is 10.0. The second-order valence-corrected chi connectivity index (χ2v) is 5.96. The van der Waals surface area contributed by atoms with Crippen LogP contribution in [0.1, 0.15) is 12.5 Å². The lowest BCUT2D eigenvalue weighted by molar-refractivity contribution is -0.130. The number of ether oxygens (including phenoxy) is 1. The van der Waals surface area contributed by atoms with E-state index in [1.54, 1.807) is 19.1 Å². The smallest absolute Gasteiger partial charge is 0.338 e. The summed E-state index contributed by atoms with van der Waals surface area (Å²) in [5.74, 6) is 0.0699. The van der Waals surface area contributed by atoms with Gasteiger partial charge in [0.25, 0.3) is 0 Å². The van der Waals surface area contributed by atoms with Gasteiger partial charge < -0.3 is 4.74 Å². The summed E-state index contributed by atoms with van der Waals surface area (Å²) in [6, 6.07) is 25.2. The molecule has 0 saturated carbocycles. The van der Waals surface area contributed by atoms with Crippen LogP contribution in [-0.4, -0.2) is 5.97 Å². The molecule has 0 aliphatic heterocycles. The average Bonchev–Trinajstić information content (AvgIpc) is 2.69. The highest BCUT2D eigenvalue weighted by molar-refractivity contribution is 5.88. The molecule has 26 heavy (non-hydrogen) atoms. The summed E-state index contributed by atoms with van der Waals surface area (Å²) in [6.45, 7) is 5.19. The Bertz CT molecular complexity index is 976. The first-order chi connectivity index (χ1) is 12.6. The zero-order chi connectivity index (χ0) is 18.5. The summed E-state index contributed by atoms with van der Waals surface area (Å²) in [4.78, 5) is 11.5. The summed E-state index contributed by atoms with van der Waals surface area (Å²) in [5.41, 5.74) is 5.28. The number of nitriles is 1. The molecule has 0 atom stereocenters. The van der Waals surface area contributed by atoms with Gasteiger partial charge in [0.05, 0.1) is 11.6 Å². The zero-order valence-electron chi connectivity index (χ0n) is 14.4. The van der Waals surface area contributed by atoms with Crippen molar-refractivity contribution in [2.24, 2.45) is 0 Å². The molecular weight excluding hydrogens is 322 g/mol. The van der Waals surface area contributed by atoms with Crippen molar-refractivity contribution in [2.75, 3.05) is 0 Å². The van der Waals surface area contributed by atoms with Gasteiger partial charge in [0, 0.05) is 5.57 Å².